The summed E-state index contributed by atoms with van der Waals surface area (Å²) in [5.41, 5.74) is 15.4. The summed E-state index contributed by atoms with van der Waals surface area (Å²) in [5.74, 6) is -0.488. The monoisotopic (exact) mass is 200 g/mol. The van der Waals surface area contributed by atoms with Crippen molar-refractivity contribution >= 4 is 17.8 Å². The van der Waals surface area contributed by atoms with Gasteiger partial charge in [0.2, 0.25) is 11.9 Å². The van der Waals surface area contributed by atoms with E-state index in [1.807, 2.05) is 6.92 Å². The van der Waals surface area contributed by atoms with Crippen LogP contribution in [0.3, 0.4) is 0 Å². The Morgan fingerprint density at radius 1 is 1.36 bits per heavy atom. The van der Waals surface area contributed by atoms with Crippen LogP contribution in [0.15, 0.2) is 9.98 Å². The van der Waals surface area contributed by atoms with E-state index in [0.717, 1.165) is 6.42 Å². The predicted molar refractivity (Wildman–Crippen MR) is 55.6 cm³/mol. The highest BCUT2D eigenvalue weighted by Gasteiger charge is 1.97. The number of rotatable bonds is 4. The van der Waals surface area contributed by atoms with Crippen LogP contribution in [0.2, 0.25) is 0 Å². The first-order valence-electron chi connectivity index (χ1n) is 4.22. The van der Waals surface area contributed by atoms with Crippen LogP contribution < -0.4 is 22.5 Å². The second-order valence-corrected chi connectivity index (χ2v) is 2.56. The van der Waals surface area contributed by atoms with Crippen LogP contribution in [-0.2, 0) is 4.79 Å². The molecule has 1 amide bonds. The van der Waals surface area contributed by atoms with E-state index in [1.54, 1.807) is 0 Å². The molecule has 0 atom stereocenters. The highest BCUT2D eigenvalue weighted by atomic mass is 16.1. The van der Waals surface area contributed by atoms with E-state index in [1.165, 1.54) is 0 Å². The number of hydrogen-bond acceptors (Lipinski definition) is 2. The summed E-state index contributed by atoms with van der Waals surface area (Å²) in [4.78, 5) is 18.1. The largest absolute Gasteiger partial charge is 0.370 e. The van der Waals surface area contributed by atoms with Gasteiger partial charge in [0.25, 0.3) is 0 Å². The van der Waals surface area contributed by atoms with Gasteiger partial charge < -0.3 is 22.5 Å². The molecular weight excluding hydrogens is 184 g/mol. The minimum Gasteiger partial charge on any atom is -0.370 e. The fourth-order valence-corrected chi connectivity index (χ4v) is 0.641. The average molecular weight is 200 g/mol. The standard InChI is InChI=1S/C7H16N6O/c1-2-3-11-5(14)4-12-7(10)13-6(8)9/h2-4H2,1H3,(H,11,14)(H6,8,9,10,12,13). The fourth-order valence-electron chi connectivity index (χ4n) is 0.641. The molecule has 7 heteroatoms. The second kappa shape index (κ2) is 6.70. The molecule has 7 N–H and O–H groups in total. The van der Waals surface area contributed by atoms with E-state index < -0.39 is 0 Å². The Balaban J connectivity index is 3.90. The molecule has 0 fully saturated rings. The molecule has 80 valence electrons. The maximum Gasteiger partial charge on any atom is 0.241 e. The van der Waals surface area contributed by atoms with Crippen molar-refractivity contribution in [3.8, 4) is 0 Å². The van der Waals surface area contributed by atoms with Crippen molar-refractivity contribution in [1.29, 1.82) is 0 Å². The lowest BCUT2D eigenvalue weighted by Crippen LogP contribution is -2.29. The number of hydrogen-bond donors (Lipinski definition) is 4. The minimum atomic E-state index is -0.208. The Morgan fingerprint density at radius 2 is 2.00 bits per heavy atom. The third kappa shape index (κ3) is 6.89. The van der Waals surface area contributed by atoms with E-state index >= 15 is 0 Å². The van der Waals surface area contributed by atoms with E-state index in [-0.39, 0.29) is 24.4 Å². The van der Waals surface area contributed by atoms with Gasteiger partial charge in [-0.15, -0.1) is 0 Å². The number of carbonyl (C=O) groups is 1. The lowest BCUT2D eigenvalue weighted by Gasteiger charge is -1.99. The van der Waals surface area contributed by atoms with Crippen molar-refractivity contribution in [2.24, 2.45) is 27.2 Å². The van der Waals surface area contributed by atoms with Gasteiger partial charge in [0.05, 0.1) is 0 Å². The van der Waals surface area contributed by atoms with E-state index in [2.05, 4.69) is 15.3 Å². The average Bonchev–Trinajstić information content (AvgIpc) is 2.10. The molecule has 0 aliphatic rings. The first-order valence-corrected chi connectivity index (χ1v) is 4.22. The first-order chi connectivity index (χ1) is 6.56. The number of carbonyl (C=O) groups excluding carboxylic acids is 1. The van der Waals surface area contributed by atoms with Crippen molar-refractivity contribution in [1.82, 2.24) is 5.32 Å². The van der Waals surface area contributed by atoms with Gasteiger partial charge in [-0.1, -0.05) is 6.92 Å². The predicted octanol–water partition coefficient (Wildman–Crippen LogP) is -1.90. The van der Waals surface area contributed by atoms with Crippen LogP contribution in [-0.4, -0.2) is 30.9 Å². The molecule has 0 aromatic heterocycles. The van der Waals surface area contributed by atoms with Crippen LogP contribution in [0.5, 0.6) is 0 Å². The topological polar surface area (TPSA) is 132 Å². The van der Waals surface area contributed by atoms with Gasteiger partial charge in [0, 0.05) is 6.54 Å². The van der Waals surface area contributed by atoms with Gasteiger partial charge in [0.1, 0.15) is 6.54 Å². The van der Waals surface area contributed by atoms with E-state index in [9.17, 15) is 4.79 Å². The summed E-state index contributed by atoms with van der Waals surface area (Å²) in [6, 6.07) is 0. The molecule has 0 aliphatic carbocycles. The van der Waals surface area contributed by atoms with Crippen molar-refractivity contribution < 1.29 is 4.79 Å². The molecular formula is C7H16N6O. The molecule has 0 spiro atoms. The Morgan fingerprint density at radius 3 is 2.50 bits per heavy atom. The van der Waals surface area contributed by atoms with Gasteiger partial charge in [0.15, 0.2) is 5.96 Å². The molecule has 7 nitrogen and oxygen atoms in total. The van der Waals surface area contributed by atoms with Crippen LogP contribution in [0.25, 0.3) is 0 Å². The second-order valence-electron chi connectivity index (χ2n) is 2.56. The Labute approximate surface area is 82.5 Å². The summed E-state index contributed by atoms with van der Waals surface area (Å²) in [5, 5.41) is 2.63. The number of nitrogens with zero attached hydrogens (tertiary/aromatic N) is 2. The van der Waals surface area contributed by atoms with Gasteiger partial charge in [-0.3, -0.25) is 4.79 Å². The number of aliphatic imine (C=N–C) groups is 2. The SMILES string of the molecule is CCCNC(=O)CN=C(N)N=C(N)N. The highest BCUT2D eigenvalue weighted by Crippen LogP contribution is 1.77. The molecule has 0 radical (unpaired) electrons. The summed E-state index contributed by atoms with van der Waals surface area (Å²) in [7, 11) is 0. The minimum absolute atomic E-state index is 0.0669. The zero-order valence-electron chi connectivity index (χ0n) is 8.16. The number of nitrogens with one attached hydrogen (secondary N) is 1. The zero-order valence-corrected chi connectivity index (χ0v) is 8.16. The van der Waals surface area contributed by atoms with Crippen LogP contribution in [0.4, 0.5) is 0 Å². The smallest absolute Gasteiger partial charge is 0.241 e. The van der Waals surface area contributed by atoms with Crippen LogP contribution >= 0.6 is 0 Å². The molecule has 0 saturated heterocycles. The van der Waals surface area contributed by atoms with E-state index in [0.29, 0.717) is 6.54 Å². The van der Waals surface area contributed by atoms with Crippen molar-refractivity contribution in [2.45, 2.75) is 13.3 Å². The summed E-state index contributed by atoms with van der Waals surface area (Å²) in [6.45, 7) is 2.51. The molecule has 0 heterocycles. The number of nitrogens with two attached hydrogens (primary N) is 3. The van der Waals surface area contributed by atoms with Crippen LogP contribution in [0.1, 0.15) is 13.3 Å². The Bertz CT molecular complexity index is 243. The Kier molecular flexibility index (Phi) is 5.84. The highest BCUT2D eigenvalue weighted by molar-refractivity contribution is 5.93. The van der Waals surface area contributed by atoms with Crippen molar-refractivity contribution in [2.75, 3.05) is 13.1 Å². The third-order valence-corrected chi connectivity index (χ3v) is 1.20. The van der Waals surface area contributed by atoms with Gasteiger partial charge in [-0.05, 0) is 6.42 Å². The van der Waals surface area contributed by atoms with Gasteiger partial charge in [-0.2, -0.15) is 4.99 Å². The number of guanidine groups is 2. The summed E-state index contributed by atoms with van der Waals surface area (Å²) < 4.78 is 0. The molecule has 0 bridgehead atoms. The third-order valence-electron chi connectivity index (χ3n) is 1.20. The molecule has 0 aromatic rings. The first kappa shape index (κ1) is 12.2. The van der Waals surface area contributed by atoms with Crippen LogP contribution in [0, 0.1) is 0 Å². The van der Waals surface area contributed by atoms with Crippen molar-refractivity contribution in [3.05, 3.63) is 0 Å². The quantitative estimate of drug-likeness (QED) is 0.311. The maximum absolute atomic E-state index is 11.0. The summed E-state index contributed by atoms with van der Waals surface area (Å²) in [6.07, 6.45) is 0.874. The normalized spacial score (nSPS) is 10.8. The zero-order chi connectivity index (χ0) is 11.0. The lowest BCUT2D eigenvalue weighted by atomic mass is 10.4. The number of amides is 1. The maximum atomic E-state index is 11.0. The molecule has 0 rings (SSSR count). The molecule has 0 saturated carbocycles. The molecule has 0 unspecified atom stereocenters. The fraction of sp³-hybridized carbons (Fsp3) is 0.571. The van der Waals surface area contributed by atoms with E-state index in [4.69, 9.17) is 17.2 Å². The molecule has 14 heavy (non-hydrogen) atoms. The summed E-state index contributed by atoms with van der Waals surface area (Å²) >= 11 is 0. The van der Waals surface area contributed by atoms with Crippen molar-refractivity contribution in [3.63, 3.8) is 0 Å². The molecule has 0 aliphatic heterocycles. The van der Waals surface area contributed by atoms with Gasteiger partial charge >= 0.3 is 0 Å². The lowest BCUT2D eigenvalue weighted by molar-refractivity contribution is -0.119. The Hall–Kier alpha value is -1.79. The van der Waals surface area contributed by atoms with Gasteiger partial charge in [-0.25, -0.2) is 4.99 Å². The molecule has 0 aromatic carbocycles.